The molecular weight excluding hydrogens is 442 g/mol. The van der Waals surface area contributed by atoms with Crippen molar-refractivity contribution in [3.8, 4) is 5.69 Å². The number of anilines is 1. The first-order chi connectivity index (χ1) is 16.3. The van der Waals surface area contributed by atoms with Crippen LogP contribution >= 0.6 is 0 Å². The zero-order valence-electron chi connectivity index (χ0n) is 18.6. The van der Waals surface area contributed by atoms with E-state index in [1.54, 1.807) is 46.9 Å². The third-order valence-electron chi connectivity index (χ3n) is 5.30. The van der Waals surface area contributed by atoms with Crippen LogP contribution in [0.1, 0.15) is 12.8 Å². The van der Waals surface area contributed by atoms with Gasteiger partial charge in [-0.2, -0.15) is 5.10 Å². The Bertz CT molecular complexity index is 1450. The molecule has 0 aliphatic heterocycles. The zero-order chi connectivity index (χ0) is 24.2. The van der Waals surface area contributed by atoms with E-state index in [1.807, 2.05) is 0 Å². The molecule has 0 aliphatic rings. The maximum Gasteiger partial charge on any atom is 0.332 e. The van der Waals surface area contributed by atoms with E-state index in [4.69, 9.17) is 0 Å². The number of imidazole rings is 1. The first kappa shape index (κ1) is 22.6. The molecule has 3 heterocycles. The monoisotopic (exact) mass is 465 g/mol. The molecule has 0 atom stereocenters. The van der Waals surface area contributed by atoms with E-state index in [9.17, 15) is 19.2 Å². The van der Waals surface area contributed by atoms with Gasteiger partial charge in [0.2, 0.25) is 11.8 Å². The first-order valence-corrected chi connectivity index (χ1v) is 10.5. The van der Waals surface area contributed by atoms with Crippen molar-refractivity contribution in [2.75, 3.05) is 11.9 Å². The molecule has 0 saturated carbocycles. The predicted octanol–water partition coefficient (Wildman–Crippen LogP) is -0.450. The van der Waals surface area contributed by atoms with E-state index in [0.29, 0.717) is 29.8 Å². The summed E-state index contributed by atoms with van der Waals surface area (Å²) in [6.45, 7) is 0.196. The first-order valence-electron chi connectivity index (χ1n) is 10.5. The van der Waals surface area contributed by atoms with Crippen LogP contribution < -0.4 is 21.9 Å². The maximum absolute atomic E-state index is 12.4. The fraction of sp³-hybridized carbons (Fsp3) is 0.286. The zero-order valence-corrected chi connectivity index (χ0v) is 18.6. The summed E-state index contributed by atoms with van der Waals surface area (Å²) in [5, 5.41) is 9.33. The standard InChI is InChI=1S/C21H23N9O4/c1-27-19-18(20(33)28(2)21(27)34)29(13-24-19)9-3-4-16(31)23-10-17(32)26-14-5-7-15(8-6-14)30-12-22-11-25-30/h5-8,11-13H,3-4,9-10H2,1-2H3,(H,23,31)(H,26,32). The summed E-state index contributed by atoms with van der Waals surface area (Å²) in [4.78, 5) is 56.8. The highest BCUT2D eigenvalue weighted by molar-refractivity contribution is 5.94. The third kappa shape index (κ3) is 4.62. The topological polar surface area (TPSA) is 151 Å². The van der Waals surface area contributed by atoms with Gasteiger partial charge in [0.25, 0.3) is 5.56 Å². The normalized spacial score (nSPS) is 11.0. The average Bonchev–Trinajstić information content (AvgIpc) is 3.51. The molecular formula is C21H23N9O4. The van der Waals surface area contributed by atoms with Gasteiger partial charge in [-0.15, -0.1) is 0 Å². The van der Waals surface area contributed by atoms with Gasteiger partial charge in [-0.1, -0.05) is 0 Å². The summed E-state index contributed by atoms with van der Waals surface area (Å²) >= 11 is 0. The number of aromatic nitrogens is 7. The number of nitrogens with one attached hydrogen (secondary N) is 2. The van der Waals surface area contributed by atoms with Crippen molar-refractivity contribution >= 4 is 28.7 Å². The molecule has 2 amide bonds. The van der Waals surface area contributed by atoms with Crippen molar-refractivity contribution in [3.63, 3.8) is 0 Å². The summed E-state index contributed by atoms with van der Waals surface area (Å²) in [5.41, 5.74) is 1.10. The van der Waals surface area contributed by atoms with Crippen LogP contribution in [0.2, 0.25) is 0 Å². The molecule has 0 fully saturated rings. The van der Waals surface area contributed by atoms with Crippen LogP contribution in [0.15, 0.2) is 52.8 Å². The molecule has 4 rings (SSSR count). The highest BCUT2D eigenvalue weighted by Crippen LogP contribution is 2.12. The molecule has 0 spiro atoms. The van der Waals surface area contributed by atoms with Crippen molar-refractivity contribution < 1.29 is 9.59 Å². The molecule has 0 unspecified atom stereocenters. The molecule has 13 heteroatoms. The van der Waals surface area contributed by atoms with E-state index in [-0.39, 0.29) is 24.8 Å². The van der Waals surface area contributed by atoms with E-state index in [0.717, 1.165) is 10.3 Å². The number of nitrogens with zero attached hydrogens (tertiary/aromatic N) is 7. The van der Waals surface area contributed by atoms with Gasteiger partial charge in [-0.3, -0.25) is 23.5 Å². The second-order valence-corrected chi connectivity index (χ2v) is 7.63. The van der Waals surface area contributed by atoms with Gasteiger partial charge in [0.1, 0.15) is 12.7 Å². The molecule has 3 aromatic heterocycles. The van der Waals surface area contributed by atoms with Gasteiger partial charge >= 0.3 is 5.69 Å². The lowest BCUT2D eigenvalue weighted by Crippen LogP contribution is -2.37. The molecule has 4 aromatic rings. The Morgan fingerprint density at radius 1 is 1.00 bits per heavy atom. The Kier molecular flexibility index (Phi) is 6.34. The fourth-order valence-electron chi connectivity index (χ4n) is 3.49. The van der Waals surface area contributed by atoms with Gasteiger partial charge in [-0.05, 0) is 30.7 Å². The lowest BCUT2D eigenvalue weighted by atomic mass is 10.2. The molecule has 0 radical (unpaired) electrons. The summed E-state index contributed by atoms with van der Waals surface area (Å²) in [7, 11) is 2.95. The quantitative estimate of drug-likeness (QED) is 0.358. The lowest BCUT2D eigenvalue weighted by molar-refractivity contribution is -0.124. The number of carbonyl (C=O) groups is 2. The minimum Gasteiger partial charge on any atom is -0.347 e. The number of carbonyl (C=O) groups excluding carboxylic acids is 2. The van der Waals surface area contributed by atoms with E-state index >= 15 is 0 Å². The number of amides is 2. The summed E-state index contributed by atoms with van der Waals surface area (Å²) in [5.74, 6) is -0.645. The maximum atomic E-state index is 12.4. The van der Waals surface area contributed by atoms with Crippen LogP contribution in [-0.2, 0) is 30.2 Å². The minimum atomic E-state index is -0.452. The van der Waals surface area contributed by atoms with E-state index in [1.165, 1.54) is 24.3 Å². The number of aryl methyl sites for hydroxylation is 2. The van der Waals surface area contributed by atoms with Gasteiger partial charge in [-0.25, -0.2) is 19.4 Å². The van der Waals surface area contributed by atoms with Crippen molar-refractivity contribution in [3.05, 3.63) is 64.1 Å². The Balaban J connectivity index is 1.25. The second-order valence-electron chi connectivity index (χ2n) is 7.63. The molecule has 0 bridgehead atoms. The van der Waals surface area contributed by atoms with Crippen molar-refractivity contribution in [1.82, 2.24) is 38.8 Å². The average molecular weight is 465 g/mol. The van der Waals surface area contributed by atoms with Gasteiger partial charge < -0.3 is 15.2 Å². The van der Waals surface area contributed by atoms with Gasteiger partial charge in [0, 0.05) is 32.7 Å². The van der Waals surface area contributed by atoms with Gasteiger partial charge in [0.15, 0.2) is 11.2 Å². The number of hydrogen-bond donors (Lipinski definition) is 2. The molecule has 0 aliphatic carbocycles. The highest BCUT2D eigenvalue weighted by Gasteiger charge is 2.14. The van der Waals surface area contributed by atoms with E-state index in [2.05, 4.69) is 25.7 Å². The fourth-order valence-corrected chi connectivity index (χ4v) is 3.49. The van der Waals surface area contributed by atoms with Crippen LogP contribution in [0.5, 0.6) is 0 Å². The number of rotatable bonds is 8. The van der Waals surface area contributed by atoms with Crippen LogP contribution in [-0.4, -0.2) is 51.8 Å². The lowest BCUT2D eigenvalue weighted by Gasteiger charge is -2.09. The number of hydrogen-bond acceptors (Lipinski definition) is 7. The molecule has 176 valence electrons. The van der Waals surface area contributed by atoms with Crippen LogP contribution in [0.25, 0.3) is 16.9 Å². The molecule has 1 aromatic carbocycles. The SMILES string of the molecule is Cn1c(=O)c2c(ncn2CCCC(=O)NCC(=O)Nc2ccc(-n3cncn3)cc2)n(C)c1=O. The number of fused-ring (bicyclic) bond motifs is 1. The smallest absolute Gasteiger partial charge is 0.332 e. The van der Waals surface area contributed by atoms with Crippen molar-refractivity contribution in [1.29, 1.82) is 0 Å². The predicted molar refractivity (Wildman–Crippen MR) is 122 cm³/mol. The van der Waals surface area contributed by atoms with Crippen molar-refractivity contribution in [2.45, 2.75) is 19.4 Å². The largest absolute Gasteiger partial charge is 0.347 e. The second kappa shape index (κ2) is 9.52. The minimum absolute atomic E-state index is 0.158. The number of benzene rings is 1. The molecule has 2 N–H and O–H groups in total. The van der Waals surface area contributed by atoms with Crippen molar-refractivity contribution in [2.24, 2.45) is 14.1 Å². The van der Waals surface area contributed by atoms with Crippen LogP contribution in [0, 0.1) is 0 Å². The Hall–Kier alpha value is -4.55. The highest BCUT2D eigenvalue weighted by atomic mass is 16.2. The Labute approximate surface area is 192 Å². The third-order valence-corrected chi connectivity index (χ3v) is 5.30. The van der Waals surface area contributed by atoms with Crippen LogP contribution in [0.4, 0.5) is 5.69 Å². The Morgan fingerprint density at radius 3 is 2.47 bits per heavy atom. The van der Waals surface area contributed by atoms with E-state index < -0.39 is 11.2 Å². The van der Waals surface area contributed by atoms with Gasteiger partial charge in [0.05, 0.1) is 18.6 Å². The summed E-state index contributed by atoms with van der Waals surface area (Å²) < 4.78 is 5.55. The Morgan fingerprint density at radius 2 is 1.76 bits per heavy atom. The molecule has 0 saturated heterocycles. The summed E-state index contributed by atoms with van der Waals surface area (Å²) in [6.07, 6.45) is 5.06. The molecule has 34 heavy (non-hydrogen) atoms. The molecule has 13 nitrogen and oxygen atoms in total. The van der Waals surface area contributed by atoms with Crippen LogP contribution in [0.3, 0.4) is 0 Å². The summed E-state index contributed by atoms with van der Waals surface area (Å²) in [6, 6.07) is 7.03.